The summed E-state index contributed by atoms with van der Waals surface area (Å²) in [6, 6.07) is 8.08. The molecule has 10 heteroatoms. The highest BCUT2D eigenvalue weighted by molar-refractivity contribution is 5.98. The van der Waals surface area contributed by atoms with Crippen LogP contribution in [0, 0.1) is 0 Å². The van der Waals surface area contributed by atoms with Gasteiger partial charge in [0.1, 0.15) is 5.75 Å². The number of methoxy groups -OCH3 is 2. The molecule has 1 unspecified atom stereocenters. The standard InChI is InChI=1S/C22H22F3N3O4/c1-30-18-9-7-14(22(23,24)25)12-16(18)26-20-15-8-6-13(21(29)31-2)11-17(15)28(27-20)19-5-3-4-10-32-19/h6-9,11-12,19H,3-5,10H2,1-2H3,(H,26,27). The summed E-state index contributed by atoms with van der Waals surface area (Å²) in [6.45, 7) is 0.576. The second-order valence-corrected chi connectivity index (χ2v) is 7.38. The Morgan fingerprint density at radius 1 is 1.19 bits per heavy atom. The van der Waals surface area contributed by atoms with Gasteiger partial charge in [-0.05, 0) is 55.7 Å². The van der Waals surface area contributed by atoms with Crippen LogP contribution in [0.5, 0.6) is 5.75 Å². The van der Waals surface area contributed by atoms with Crippen molar-refractivity contribution in [3.63, 3.8) is 0 Å². The number of aromatic nitrogens is 2. The van der Waals surface area contributed by atoms with Gasteiger partial charge in [0.05, 0.1) is 36.6 Å². The molecule has 0 aliphatic carbocycles. The van der Waals surface area contributed by atoms with E-state index in [1.807, 2.05) is 0 Å². The van der Waals surface area contributed by atoms with Crippen LogP contribution >= 0.6 is 0 Å². The molecule has 1 atom stereocenters. The molecular formula is C22H22F3N3O4. The Balaban J connectivity index is 1.82. The molecule has 7 nitrogen and oxygen atoms in total. The number of nitrogens with one attached hydrogen (secondary N) is 1. The summed E-state index contributed by atoms with van der Waals surface area (Å²) in [5.41, 5.74) is 0.247. The molecule has 1 aromatic heterocycles. The zero-order valence-corrected chi connectivity index (χ0v) is 17.5. The average molecular weight is 449 g/mol. The summed E-state index contributed by atoms with van der Waals surface area (Å²) in [5.74, 6) is 0.0577. The van der Waals surface area contributed by atoms with Crippen LogP contribution in [0.25, 0.3) is 10.9 Å². The molecule has 0 saturated carbocycles. The Morgan fingerprint density at radius 3 is 2.66 bits per heavy atom. The summed E-state index contributed by atoms with van der Waals surface area (Å²) in [5, 5.41) is 8.18. The number of carbonyl (C=O) groups is 1. The number of fused-ring (bicyclic) bond motifs is 1. The highest BCUT2D eigenvalue weighted by Gasteiger charge is 2.31. The van der Waals surface area contributed by atoms with Crippen molar-refractivity contribution in [3.05, 3.63) is 47.5 Å². The fraction of sp³-hybridized carbons (Fsp3) is 0.364. The molecule has 2 heterocycles. The lowest BCUT2D eigenvalue weighted by Gasteiger charge is -2.23. The van der Waals surface area contributed by atoms with Crippen LogP contribution in [-0.2, 0) is 15.7 Å². The highest BCUT2D eigenvalue weighted by Crippen LogP contribution is 2.38. The second kappa shape index (κ2) is 8.70. The Kier molecular flexibility index (Phi) is 5.96. The minimum absolute atomic E-state index is 0.121. The van der Waals surface area contributed by atoms with E-state index in [-0.39, 0.29) is 17.7 Å². The average Bonchev–Trinajstić information content (AvgIpc) is 3.16. The van der Waals surface area contributed by atoms with Gasteiger partial charge in [-0.1, -0.05) is 0 Å². The van der Waals surface area contributed by atoms with Gasteiger partial charge in [0.2, 0.25) is 0 Å². The summed E-state index contributed by atoms with van der Waals surface area (Å²) in [7, 11) is 2.67. The lowest BCUT2D eigenvalue weighted by Crippen LogP contribution is -2.19. The van der Waals surface area contributed by atoms with Crippen LogP contribution in [-0.4, -0.2) is 36.6 Å². The van der Waals surface area contributed by atoms with Crippen molar-refractivity contribution < 1.29 is 32.2 Å². The number of hydrogen-bond donors (Lipinski definition) is 1. The van der Waals surface area contributed by atoms with Gasteiger partial charge in [0.25, 0.3) is 0 Å². The first-order valence-corrected chi connectivity index (χ1v) is 10.1. The van der Waals surface area contributed by atoms with Crippen molar-refractivity contribution in [3.8, 4) is 5.75 Å². The Labute approximate surface area is 182 Å². The third-order valence-corrected chi connectivity index (χ3v) is 5.34. The molecule has 3 aromatic rings. The van der Waals surface area contributed by atoms with E-state index in [1.165, 1.54) is 20.3 Å². The zero-order chi connectivity index (χ0) is 22.9. The molecule has 0 radical (unpaired) electrons. The van der Waals surface area contributed by atoms with Crippen LogP contribution in [0.2, 0.25) is 0 Å². The third-order valence-electron chi connectivity index (χ3n) is 5.34. The van der Waals surface area contributed by atoms with E-state index in [2.05, 4.69) is 10.4 Å². The highest BCUT2D eigenvalue weighted by atomic mass is 19.4. The predicted octanol–water partition coefficient (Wildman–Crippen LogP) is 5.29. The topological polar surface area (TPSA) is 74.6 Å². The number of rotatable bonds is 5. The maximum absolute atomic E-state index is 13.2. The van der Waals surface area contributed by atoms with E-state index in [0.29, 0.717) is 28.9 Å². The summed E-state index contributed by atoms with van der Waals surface area (Å²) < 4.78 is 57.3. The number of esters is 1. The Hall–Kier alpha value is -3.27. The monoisotopic (exact) mass is 449 g/mol. The second-order valence-electron chi connectivity index (χ2n) is 7.38. The minimum Gasteiger partial charge on any atom is -0.495 e. The maximum Gasteiger partial charge on any atom is 0.416 e. The number of benzene rings is 2. The molecule has 0 spiro atoms. The summed E-state index contributed by atoms with van der Waals surface area (Å²) in [6.07, 6.45) is -2.23. The lowest BCUT2D eigenvalue weighted by atomic mass is 10.1. The van der Waals surface area contributed by atoms with Gasteiger partial charge in [-0.2, -0.15) is 18.3 Å². The van der Waals surface area contributed by atoms with Crippen molar-refractivity contribution in [2.24, 2.45) is 0 Å². The van der Waals surface area contributed by atoms with E-state index < -0.39 is 17.7 Å². The lowest BCUT2D eigenvalue weighted by molar-refractivity contribution is -0.137. The van der Waals surface area contributed by atoms with Gasteiger partial charge >= 0.3 is 12.1 Å². The first-order chi connectivity index (χ1) is 15.3. The van der Waals surface area contributed by atoms with Crippen LogP contribution in [0.1, 0.15) is 41.4 Å². The summed E-state index contributed by atoms with van der Waals surface area (Å²) >= 11 is 0. The van der Waals surface area contributed by atoms with E-state index in [1.54, 1.807) is 22.9 Å². The number of anilines is 2. The fourth-order valence-electron chi connectivity index (χ4n) is 3.72. The smallest absolute Gasteiger partial charge is 0.416 e. The van der Waals surface area contributed by atoms with Gasteiger partial charge in [-0.3, -0.25) is 0 Å². The molecule has 1 fully saturated rings. The largest absolute Gasteiger partial charge is 0.495 e. The molecule has 2 aromatic carbocycles. The van der Waals surface area contributed by atoms with E-state index in [4.69, 9.17) is 14.2 Å². The zero-order valence-electron chi connectivity index (χ0n) is 17.5. The molecule has 1 aliphatic rings. The molecule has 32 heavy (non-hydrogen) atoms. The number of ether oxygens (including phenoxy) is 3. The fourth-order valence-corrected chi connectivity index (χ4v) is 3.72. The Bertz CT molecular complexity index is 1140. The first-order valence-electron chi connectivity index (χ1n) is 10.1. The number of carbonyl (C=O) groups excluding carboxylic acids is 1. The van der Waals surface area contributed by atoms with Gasteiger partial charge in [-0.25, -0.2) is 9.48 Å². The number of nitrogens with zero attached hydrogens (tertiary/aromatic N) is 2. The molecule has 0 amide bonds. The van der Waals surface area contributed by atoms with Crippen molar-refractivity contribution in [2.75, 3.05) is 26.1 Å². The molecule has 170 valence electrons. The molecule has 4 rings (SSSR count). The SMILES string of the molecule is COC(=O)c1ccc2c(Nc3cc(C(F)(F)F)ccc3OC)nn(C3CCCCO3)c2c1. The van der Waals surface area contributed by atoms with Gasteiger partial charge < -0.3 is 19.5 Å². The van der Waals surface area contributed by atoms with E-state index >= 15 is 0 Å². The van der Waals surface area contributed by atoms with Gasteiger partial charge in [0, 0.05) is 12.0 Å². The predicted molar refractivity (Wildman–Crippen MR) is 111 cm³/mol. The molecule has 1 saturated heterocycles. The number of hydrogen-bond acceptors (Lipinski definition) is 6. The Morgan fingerprint density at radius 2 is 2.00 bits per heavy atom. The van der Waals surface area contributed by atoms with Crippen LogP contribution in [0.3, 0.4) is 0 Å². The van der Waals surface area contributed by atoms with Crippen molar-refractivity contribution in [1.29, 1.82) is 0 Å². The number of alkyl halides is 3. The number of halogens is 3. The first kappa shape index (κ1) is 21.9. The summed E-state index contributed by atoms with van der Waals surface area (Å²) in [4.78, 5) is 12.0. The van der Waals surface area contributed by atoms with Gasteiger partial charge in [-0.15, -0.1) is 0 Å². The molecule has 0 bridgehead atoms. The molecular weight excluding hydrogens is 427 g/mol. The molecule has 1 aliphatic heterocycles. The van der Waals surface area contributed by atoms with E-state index in [9.17, 15) is 18.0 Å². The van der Waals surface area contributed by atoms with Crippen molar-refractivity contribution in [1.82, 2.24) is 9.78 Å². The van der Waals surface area contributed by atoms with Crippen LogP contribution in [0.4, 0.5) is 24.7 Å². The van der Waals surface area contributed by atoms with Gasteiger partial charge in [0.15, 0.2) is 12.0 Å². The minimum atomic E-state index is -4.50. The third kappa shape index (κ3) is 4.22. The van der Waals surface area contributed by atoms with Crippen LogP contribution < -0.4 is 10.1 Å². The quantitative estimate of drug-likeness (QED) is 0.534. The van der Waals surface area contributed by atoms with Crippen molar-refractivity contribution >= 4 is 28.4 Å². The van der Waals surface area contributed by atoms with Crippen LogP contribution in [0.15, 0.2) is 36.4 Å². The molecule has 1 N–H and O–H groups in total. The maximum atomic E-state index is 13.2. The van der Waals surface area contributed by atoms with Crippen molar-refractivity contribution in [2.45, 2.75) is 31.7 Å². The van der Waals surface area contributed by atoms with E-state index in [0.717, 1.165) is 31.4 Å². The normalized spacial score (nSPS) is 16.7.